The highest BCUT2D eigenvalue weighted by atomic mass is 35.5. The Morgan fingerprint density at radius 1 is 1.19 bits per heavy atom. The van der Waals surface area contributed by atoms with Crippen molar-refractivity contribution in [3.8, 4) is 5.75 Å². The van der Waals surface area contributed by atoms with E-state index in [4.69, 9.17) is 16.3 Å². The molecule has 0 saturated heterocycles. The van der Waals surface area contributed by atoms with Gasteiger partial charge in [-0.2, -0.15) is 5.10 Å². The Morgan fingerprint density at radius 2 is 1.93 bits per heavy atom. The van der Waals surface area contributed by atoms with Crippen molar-refractivity contribution >= 4 is 34.8 Å². The summed E-state index contributed by atoms with van der Waals surface area (Å²) in [5.41, 5.74) is 4.61. The lowest BCUT2D eigenvalue weighted by Gasteiger charge is -2.08. The third-order valence-corrected chi connectivity index (χ3v) is 4.28. The number of carbonyl (C=O) groups excluding carboxylic acids is 2. The summed E-state index contributed by atoms with van der Waals surface area (Å²) >= 11 is 5.80. The molecule has 2 aromatic rings. The van der Waals surface area contributed by atoms with Crippen LogP contribution >= 0.6 is 11.6 Å². The van der Waals surface area contributed by atoms with E-state index in [-0.39, 0.29) is 24.3 Å². The molecule has 7 heteroatoms. The average molecular weight is 386 g/mol. The zero-order valence-corrected chi connectivity index (χ0v) is 15.6. The lowest BCUT2D eigenvalue weighted by molar-refractivity contribution is -0.123. The van der Waals surface area contributed by atoms with E-state index in [1.807, 2.05) is 24.3 Å². The van der Waals surface area contributed by atoms with E-state index in [1.165, 1.54) is 0 Å². The standard InChI is InChI=1S/C20H20ClN3O3/c1-13(15-3-2-4-17(11-15)22-20(26)14-5-6-14)23-24-19(25)12-27-18-9-7-16(21)8-10-18/h2-4,7-11,14H,5-6,12H2,1H3,(H,22,26)(H,24,25). The van der Waals surface area contributed by atoms with Gasteiger partial charge in [-0.25, -0.2) is 5.43 Å². The van der Waals surface area contributed by atoms with Gasteiger partial charge in [-0.1, -0.05) is 23.7 Å². The van der Waals surface area contributed by atoms with Crippen LogP contribution in [0.5, 0.6) is 5.75 Å². The first-order chi connectivity index (χ1) is 13.0. The summed E-state index contributed by atoms with van der Waals surface area (Å²) in [6.07, 6.45) is 1.91. The molecule has 0 aromatic heterocycles. The second-order valence-corrected chi connectivity index (χ2v) is 6.76. The second-order valence-electron chi connectivity index (χ2n) is 6.32. The van der Waals surface area contributed by atoms with E-state index in [9.17, 15) is 9.59 Å². The first-order valence-electron chi connectivity index (χ1n) is 8.64. The van der Waals surface area contributed by atoms with Gasteiger partial charge in [0.15, 0.2) is 6.61 Å². The van der Waals surface area contributed by atoms with Gasteiger partial charge >= 0.3 is 0 Å². The van der Waals surface area contributed by atoms with Crippen LogP contribution in [0.3, 0.4) is 0 Å². The van der Waals surface area contributed by atoms with Crippen molar-refractivity contribution in [2.75, 3.05) is 11.9 Å². The van der Waals surface area contributed by atoms with Crippen molar-refractivity contribution in [1.82, 2.24) is 5.43 Å². The molecule has 6 nitrogen and oxygen atoms in total. The van der Waals surface area contributed by atoms with Crippen molar-refractivity contribution in [2.45, 2.75) is 19.8 Å². The summed E-state index contributed by atoms with van der Waals surface area (Å²) in [5.74, 6) is 0.370. The van der Waals surface area contributed by atoms with Crippen LogP contribution in [-0.2, 0) is 9.59 Å². The molecule has 0 radical (unpaired) electrons. The van der Waals surface area contributed by atoms with Crippen molar-refractivity contribution in [1.29, 1.82) is 0 Å². The fourth-order valence-corrected chi connectivity index (χ4v) is 2.46. The minimum absolute atomic E-state index is 0.0504. The molecule has 3 rings (SSSR count). The fourth-order valence-electron chi connectivity index (χ4n) is 2.33. The molecule has 0 spiro atoms. The molecule has 2 amide bonds. The number of hydrogen-bond acceptors (Lipinski definition) is 4. The highest BCUT2D eigenvalue weighted by molar-refractivity contribution is 6.30. The van der Waals surface area contributed by atoms with Gasteiger partial charge in [-0.3, -0.25) is 9.59 Å². The third kappa shape index (κ3) is 5.82. The summed E-state index contributed by atoms with van der Waals surface area (Å²) in [5, 5.41) is 7.59. The molecule has 0 heterocycles. The van der Waals surface area contributed by atoms with E-state index in [0.717, 1.165) is 24.1 Å². The molecule has 1 aliphatic rings. The molecule has 0 aliphatic heterocycles. The molecule has 0 atom stereocenters. The van der Waals surface area contributed by atoms with E-state index >= 15 is 0 Å². The van der Waals surface area contributed by atoms with Gasteiger partial charge in [0.25, 0.3) is 5.91 Å². The molecule has 1 saturated carbocycles. The number of halogens is 1. The summed E-state index contributed by atoms with van der Waals surface area (Å²) in [6, 6.07) is 14.1. The second kappa shape index (κ2) is 8.68. The Balaban J connectivity index is 1.52. The SMILES string of the molecule is CC(=NNC(=O)COc1ccc(Cl)cc1)c1cccc(NC(=O)C2CC2)c1. The van der Waals surface area contributed by atoms with Gasteiger partial charge in [0.05, 0.1) is 5.71 Å². The number of anilines is 1. The van der Waals surface area contributed by atoms with Gasteiger partial charge in [-0.15, -0.1) is 0 Å². The minimum atomic E-state index is -0.373. The number of rotatable bonds is 7. The molecule has 0 bridgehead atoms. The lowest BCUT2D eigenvalue weighted by Crippen LogP contribution is -2.25. The predicted molar refractivity (Wildman–Crippen MR) is 105 cm³/mol. The Labute approximate surface area is 162 Å². The van der Waals surface area contributed by atoms with Crippen LogP contribution in [0, 0.1) is 5.92 Å². The predicted octanol–water partition coefficient (Wildman–Crippen LogP) is 3.61. The first-order valence-corrected chi connectivity index (χ1v) is 9.02. The van der Waals surface area contributed by atoms with E-state index in [1.54, 1.807) is 31.2 Å². The topological polar surface area (TPSA) is 79.8 Å². The van der Waals surface area contributed by atoms with Crippen molar-refractivity contribution in [2.24, 2.45) is 11.0 Å². The number of hydrazone groups is 1. The third-order valence-electron chi connectivity index (χ3n) is 4.03. The quantitative estimate of drug-likeness (QED) is 0.564. The van der Waals surface area contributed by atoms with Gasteiger partial charge in [0, 0.05) is 16.6 Å². The average Bonchev–Trinajstić information content (AvgIpc) is 3.51. The maximum atomic E-state index is 11.9. The Morgan fingerprint density at radius 3 is 2.63 bits per heavy atom. The van der Waals surface area contributed by atoms with Crippen molar-refractivity contribution < 1.29 is 14.3 Å². The highest BCUT2D eigenvalue weighted by Gasteiger charge is 2.29. The number of hydrogen-bond donors (Lipinski definition) is 2. The van der Waals surface area contributed by atoms with Gasteiger partial charge in [0.2, 0.25) is 5.91 Å². The molecule has 2 aromatic carbocycles. The molecule has 1 fully saturated rings. The summed E-state index contributed by atoms with van der Waals surface area (Å²) in [4.78, 5) is 23.7. The van der Waals surface area contributed by atoms with Crippen LogP contribution < -0.4 is 15.5 Å². The number of nitrogens with one attached hydrogen (secondary N) is 2. The summed E-state index contributed by atoms with van der Waals surface area (Å²) in [6.45, 7) is 1.62. The van der Waals surface area contributed by atoms with Crippen LogP contribution in [0.15, 0.2) is 53.6 Å². The van der Waals surface area contributed by atoms with Crippen molar-refractivity contribution in [3.05, 3.63) is 59.1 Å². The maximum absolute atomic E-state index is 11.9. The zero-order valence-electron chi connectivity index (χ0n) is 14.9. The van der Waals surface area contributed by atoms with Crippen LogP contribution in [0.25, 0.3) is 0 Å². The van der Waals surface area contributed by atoms with Gasteiger partial charge < -0.3 is 10.1 Å². The fraction of sp³-hybridized carbons (Fsp3) is 0.250. The number of benzene rings is 2. The highest BCUT2D eigenvalue weighted by Crippen LogP contribution is 2.30. The molecule has 27 heavy (non-hydrogen) atoms. The minimum Gasteiger partial charge on any atom is -0.484 e. The zero-order chi connectivity index (χ0) is 19.2. The normalized spacial score (nSPS) is 13.8. The maximum Gasteiger partial charge on any atom is 0.277 e. The summed E-state index contributed by atoms with van der Waals surface area (Å²) in [7, 11) is 0. The van der Waals surface area contributed by atoms with Crippen molar-refractivity contribution in [3.63, 3.8) is 0 Å². The number of ether oxygens (including phenoxy) is 1. The Bertz CT molecular complexity index is 861. The van der Waals surface area contributed by atoms with Crippen LogP contribution in [0.4, 0.5) is 5.69 Å². The summed E-state index contributed by atoms with van der Waals surface area (Å²) < 4.78 is 5.36. The van der Waals surface area contributed by atoms with Crippen LogP contribution in [0.1, 0.15) is 25.3 Å². The van der Waals surface area contributed by atoms with E-state index in [2.05, 4.69) is 15.8 Å². The molecular weight excluding hydrogens is 366 g/mol. The number of nitrogens with zero attached hydrogens (tertiary/aromatic N) is 1. The Hall–Kier alpha value is -2.86. The van der Waals surface area contributed by atoms with Gasteiger partial charge in [0.1, 0.15) is 5.75 Å². The largest absolute Gasteiger partial charge is 0.484 e. The molecule has 1 aliphatic carbocycles. The number of carbonyl (C=O) groups is 2. The van der Waals surface area contributed by atoms with Gasteiger partial charge in [-0.05, 0) is 61.7 Å². The molecule has 0 unspecified atom stereocenters. The first kappa shape index (κ1) is 18.9. The smallest absolute Gasteiger partial charge is 0.277 e. The monoisotopic (exact) mass is 385 g/mol. The molecule has 2 N–H and O–H groups in total. The molecular formula is C20H20ClN3O3. The lowest BCUT2D eigenvalue weighted by atomic mass is 10.1. The van der Waals surface area contributed by atoms with Crippen LogP contribution in [-0.4, -0.2) is 24.1 Å². The number of amides is 2. The van der Waals surface area contributed by atoms with E-state index in [0.29, 0.717) is 16.5 Å². The van der Waals surface area contributed by atoms with Crippen LogP contribution in [0.2, 0.25) is 5.02 Å². The Kier molecular flexibility index (Phi) is 6.08. The molecule has 140 valence electrons. The van der Waals surface area contributed by atoms with E-state index < -0.39 is 0 Å².